The number of halogens is 1. The number of carbonyl (C=O) groups is 1. The van der Waals surface area contributed by atoms with Crippen LogP contribution in [0.1, 0.15) is 28.8 Å². The predicted molar refractivity (Wildman–Crippen MR) is 89.2 cm³/mol. The smallest absolute Gasteiger partial charge is 0.343 e. The standard InChI is InChI=1S/C17H19ClN2O3/c1-22-16-14(17(21)23-2)9-11-7-13(18)8-12(15(11)19-16)10-20-5-3-4-6-20/h7-9H,3-6,10H2,1-2H3. The Morgan fingerprint density at radius 3 is 2.65 bits per heavy atom. The third-order valence-electron chi connectivity index (χ3n) is 4.12. The maximum Gasteiger partial charge on any atom is 0.343 e. The molecule has 0 amide bonds. The number of aromatic nitrogens is 1. The van der Waals surface area contributed by atoms with E-state index in [0.717, 1.165) is 36.1 Å². The second kappa shape index (κ2) is 6.72. The second-order valence-electron chi connectivity index (χ2n) is 5.66. The molecule has 6 heteroatoms. The van der Waals surface area contributed by atoms with E-state index in [1.54, 1.807) is 6.07 Å². The molecule has 0 aliphatic carbocycles. The monoisotopic (exact) mass is 334 g/mol. The molecule has 0 spiro atoms. The molecule has 1 aromatic heterocycles. The predicted octanol–water partition coefficient (Wildman–Crippen LogP) is 3.28. The Morgan fingerprint density at radius 1 is 1.26 bits per heavy atom. The molecule has 1 fully saturated rings. The van der Waals surface area contributed by atoms with Crippen molar-refractivity contribution in [2.75, 3.05) is 27.3 Å². The van der Waals surface area contributed by atoms with Crippen LogP contribution in [0.2, 0.25) is 5.02 Å². The minimum atomic E-state index is -0.475. The van der Waals surface area contributed by atoms with Gasteiger partial charge in [-0.1, -0.05) is 11.6 Å². The molecule has 1 saturated heterocycles. The van der Waals surface area contributed by atoms with E-state index >= 15 is 0 Å². The van der Waals surface area contributed by atoms with Gasteiger partial charge in [0, 0.05) is 17.0 Å². The molecule has 2 heterocycles. The largest absolute Gasteiger partial charge is 0.480 e. The quantitative estimate of drug-likeness (QED) is 0.803. The molecule has 2 aromatic rings. The first-order valence-corrected chi connectivity index (χ1v) is 7.98. The van der Waals surface area contributed by atoms with Crippen LogP contribution in [0.15, 0.2) is 18.2 Å². The highest BCUT2D eigenvalue weighted by atomic mass is 35.5. The summed E-state index contributed by atoms with van der Waals surface area (Å²) in [6.07, 6.45) is 2.45. The van der Waals surface area contributed by atoms with E-state index in [0.29, 0.717) is 10.6 Å². The van der Waals surface area contributed by atoms with Crippen molar-refractivity contribution in [3.63, 3.8) is 0 Å². The lowest BCUT2D eigenvalue weighted by atomic mass is 10.1. The van der Waals surface area contributed by atoms with Crippen molar-refractivity contribution in [3.8, 4) is 5.88 Å². The van der Waals surface area contributed by atoms with E-state index in [2.05, 4.69) is 9.88 Å². The highest BCUT2D eigenvalue weighted by molar-refractivity contribution is 6.31. The molecule has 0 N–H and O–H groups in total. The van der Waals surface area contributed by atoms with Crippen LogP contribution in [0, 0.1) is 0 Å². The number of hydrogen-bond acceptors (Lipinski definition) is 5. The summed E-state index contributed by atoms with van der Waals surface area (Å²) in [5, 5.41) is 1.45. The van der Waals surface area contributed by atoms with Crippen molar-refractivity contribution in [3.05, 3.63) is 34.3 Å². The minimum absolute atomic E-state index is 0.273. The van der Waals surface area contributed by atoms with Gasteiger partial charge >= 0.3 is 5.97 Å². The van der Waals surface area contributed by atoms with Crippen molar-refractivity contribution in [1.29, 1.82) is 0 Å². The molecule has 0 atom stereocenters. The summed E-state index contributed by atoms with van der Waals surface area (Å²) in [4.78, 5) is 18.8. The Hall–Kier alpha value is -1.85. The molecule has 1 aliphatic rings. The zero-order valence-corrected chi connectivity index (χ0v) is 14.0. The molecular formula is C17H19ClN2O3. The summed E-state index contributed by atoms with van der Waals surface area (Å²) in [5.74, 6) is -0.202. The van der Waals surface area contributed by atoms with Crippen LogP contribution in [0.3, 0.4) is 0 Å². The summed E-state index contributed by atoms with van der Waals surface area (Å²) < 4.78 is 10.1. The van der Waals surface area contributed by atoms with Crippen molar-refractivity contribution >= 4 is 28.5 Å². The summed E-state index contributed by atoms with van der Waals surface area (Å²) >= 11 is 6.26. The first kappa shape index (κ1) is 16.0. The number of ether oxygens (including phenoxy) is 2. The summed E-state index contributed by atoms with van der Waals surface area (Å²) in [7, 11) is 2.83. The Kier molecular flexibility index (Phi) is 4.68. The third-order valence-corrected chi connectivity index (χ3v) is 4.34. The Balaban J connectivity index is 2.11. The molecule has 0 bridgehead atoms. The van der Waals surface area contributed by atoms with Crippen LogP contribution in [-0.2, 0) is 11.3 Å². The molecule has 0 radical (unpaired) electrons. The molecule has 3 rings (SSSR count). The molecule has 0 saturated carbocycles. The van der Waals surface area contributed by atoms with Gasteiger partial charge in [0.15, 0.2) is 0 Å². The van der Waals surface area contributed by atoms with Gasteiger partial charge in [0.05, 0.1) is 19.7 Å². The number of likely N-dealkylation sites (tertiary alicyclic amines) is 1. The van der Waals surface area contributed by atoms with Crippen molar-refractivity contribution < 1.29 is 14.3 Å². The molecule has 1 aromatic carbocycles. The maximum absolute atomic E-state index is 11.9. The number of carbonyl (C=O) groups excluding carboxylic acids is 1. The molecule has 122 valence electrons. The van der Waals surface area contributed by atoms with Gasteiger partial charge in [-0.05, 0) is 49.7 Å². The zero-order chi connectivity index (χ0) is 16.4. The van der Waals surface area contributed by atoms with Gasteiger partial charge in [0.1, 0.15) is 5.56 Å². The van der Waals surface area contributed by atoms with Crippen LogP contribution in [-0.4, -0.2) is 43.2 Å². The van der Waals surface area contributed by atoms with Crippen LogP contribution in [0.4, 0.5) is 0 Å². The van der Waals surface area contributed by atoms with Gasteiger partial charge in [0.2, 0.25) is 5.88 Å². The number of benzene rings is 1. The van der Waals surface area contributed by atoms with Crippen molar-refractivity contribution in [2.24, 2.45) is 0 Å². The van der Waals surface area contributed by atoms with Crippen LogP contribution >= 0.6 is 11.6 Å². The van der Waals surface area contributed by atoms with Gasteiger partial charge in [-0.2, -0.15) is 0 Å². The van der Waals surface area contributed by atoms with Gasteiger partial charge in [-0.15, -0.1) is 0 Å². The van der Waals surface area contributed by atoms with Gasteiger partial charge in [-0.3, -0.25) is 4.90 Å². The minimum Gasteiger partial charge on any atom is -0.480 e. The fraction of sp³-hybridized carbons (Fsp3) is 0.412. The molecule has 1 aliphatic heterocycles. The fourth-order valence-corrected chi connectivity index (χ4v) is 3.27. The van der Waals surface area contributed by atoms with Gasteiger partial charge in [-0.25, -0.2) is 9.78 Å². The topological polar surface area (TPSA) is 51.7 Å². The highest BCUT2D eigenvalue weighted by Gasteiger charge is 2.19. The highest BCUT2D eigenvalue weighted by Crippen LogP contribution is 2.29. The average molecular weight is 335 g/mol. The Morgan fingerprint density at radius 2 is 2.00 bits per heavy atom. The normalized spacial score (nSPS) is 15.1. The Bertz CT molecular complexity index is 742. The molecule has 5 nitrogen and oxygen atoms in total. The van der Waals surface area contributed by atoms with E-state index in [4.69, 9.17) is 21.1 Å². The average Bonchev–Trinajstić information content (AvgIpc) is 3.05. The first-order valence-electron chi connectivity index (χ1n) is 7.60. The number of methoxy groups -OCH3 is 2. The number of pyridine rings is 1. The summed E-state index contributed by atoms with van der Waals surface area (Å²) in [5.41, 5.74) is 2.16. The number of rotatable bonds is 4. The number of nitrogens with zero attached hydrogens (tertiary/aromatic N) is 2. The van der Waals surface area contributed by atoms with E-state index in [1.165, 1.54) is 27.1 Å². The van der Waals surface area contributed by atoms with E-state index in [-0.39, 0.29) is 5.88 Å². The third kappa shape index (κ3) is 3.26. The summed E-state index contributed by atoms with van der Waals surface area (Å²) in [6, 6.07) is 5.47. The molecule has 0 unspecified atom stereocenters. The fourth-order valence-electron chi connectivity index (χ4n) is 3.02. The van der Waals surface area contributed by atoms with Crippen LogP contribution < -0.4 is 4.74 Å². The number of fused-ring (bicyclic) bond motifs is 1. The molecular weight excluding hydrogens is 316 g/mol. The van der Waals surface area contributed by atoms with E-state index in [9.17, 15) is 4.79 Å². The SMILES string of the molecule is COC(=O)c1cc2cc(Cl)cc(CN3CCCC3)c2nc1OC. The van der Waals surface area contributed by atoms with Gasteiger partial charge in [0.25, 0.3) is 0 Å². The lowest BCUT2D eigenvalue weighted by molar-refractivity contribution is 0.0596. The van der Waals surface area contributed by atoms with Gasteiger partial charge < -0.3 is 9.47 Å². The van der Waals surface area contributed by atoms with E-state index in [1.807, 2.05) is 12.1 Å². The zero-order valence-electron chi connectivity index (χ0n) is 13.3. The summed E-state index contributed by atoms with van der Waals surface area (Å²) in [6.45, 7) is 2.97. The maximum atomic E-state index is 11.9. The van der Waals surface area contributed by atoms with Crippen molar-refractivity contribution in [1.82, 2.24) is 9.88 Å². The van der Waals surface area contributed by atoms with Crippen LogP contribution in [0.5, 0.6) is 5.88 Å². The lowest BCUT2D eigenvalue weighted by Crippen LogP contribution is -2.18. The van der Waals surface area contributed by atoms with E-state index < -0.39 is 5.97 Å². The van der Waals surface area contributed by atoms with Crippen LogP contribution in [0.25, 0.3) is 10.9 Å². The van der Waals surface area contributed by atoms with Crippen molar-refractivity contribution in [2.45, 2.75) is 19.4 Å². The number of hydrogen-bond donors (Lipinski definition) is 0. The Labute approximate surface area is 140 Å². The molecule has 23 heavy (non-hydrogen) atoms. The second-order valence-corrected chi connectivity index (χ2v) is 6.09. The lowest BCUT2D eigenvalue weighted by Gasteiger charge is -2.17. The first-order chi connectivity index (χ1) is 11.1. The number of esters is 1.